The van der Waals surface area contributed by atoms with E-state index in [1.807, 2.05) is 25.1 Å². The van der Waals surface area contributed by atoms with Gasteiger partial charge in [0.1, 0.15) is 5.75 Å². The molecule has 1 aliphatic rings. The first-order valence-corrected chi connectivity index (χ1v) is 5.22. The summed E-state index contributed by atoms with van der Waals surface area (Å²) in [6, 6.07) is 7.46. The maximum absolute atomic E-state index is 11.4. The first kappa shape index (κ1) is 10.9. The highest BCUT2D eigenvalue weighted by molar-refractivity contribution is 5.76. The Labute approximate surface area is 94.7 Å². The fourth-order valence-electron chi connectivity index (χ4n) is 1.66. The lowest BCUT2D eigenvalue weighted by molar-refractivity contribution is -0.139. The van der Waals surface area contributed by atoms with E-state index in [2.05, 4.69) is 6.58 Å². The first-order valence-electron chi connectivity index (χ1n) is 5.22. The number of esters is 1. The van der Waals surface area contributed by atoms with Gasteiger partial charge in [-0.2, -0.15) is 0 Å². The van der Waals surface area contributed by atoms with E-state index in [0.29, 0.717) is 12.4 Å². The second-order valence-corrected chi connectivity index (χ2v) is 3.97. The lowest BCUT2D eigenvalue weighted by atomic mass is 10.0. The summed E-state index contributed by atoms with van der Waals surface area (Å²) in [5.41, 5.74) is 1.87. The van der Waals surface area contributed by atoms with Crippen molar-refractivity contribution in [2.24, 2.45) is 0 Å². The number of rotatable bonds is 3. The van der Waals surface area contributed by atoms with E-state index in [-0.39, 0.29) is 18.5 Å². The van der Waals surface area contributed by atoms with Gasteiger partial charge in [0.25, 0.3) is 0 Å². The SMILES string of the molecule is C=C(C)COC1CC(=O)Oc2ccccc21. The highest BCUT2D eigenvalue weighted by atomic mass is 16.5. The number of para-hydroxylation sites is 1. The monoisotopic (exact) mass is 218 g/mol. The zero-order valence-corrected chi connectivity index (χ0v) is 9.23. The van der Waals surface area contributed by atoms with E-state index < -0.39 is 0 Å². The Hall–Kier alpha value is -1.61. The van der Waals surface area contributed by atoms with Crippen molar-refractivity contribution in [2.45, 2.75) is 19.4 Å². The lowest BCUT2D eigenvalue weighted by Gasteiger charge is -2.24. The Bertz CT molecular complexity index is 423. The second-order valence-electron chi connectivity index (χ2n) is 3.97. The van der Waals surface area contributed by atoms with Crippen LogP contribution in [0.15, 0.2) is 36.4 Å². The highest BCUT2D eigenvalue weighted by Crippen LogP contribution is 2.34. The fraction of sp³-hybridized carbons (Fsp3) is 0.308. The molecule has 84 valence electrons. The van der Waals surface area contributed by atoms with Crippen LogP contribution in [0.2, 0.25) is 0 Å². The van der Waals surface area contributed by atoms with Crippen LogP contribution in [0.4, 0.5) is 0 Å². The molecule has 0 fully saturated rings. The van der Waals surface area contributed by atoms with Gasteiger partial charge in [0, 0.05) is 5.56 Å². The van der Waals surface area contributed by atoms with Crippen LogP contribution in [0.3, 0.4) is 0 Å². The fourth-order valence-corrected chi connectivity index (χ4v) is 1.66. The van der Waals surface area contributed by atoms with Gasteiger partial charge in [0.15, 0.2) is 0 Å². The third-order valence-electron chi connectivity index (χ3n) is 2.37. The van der Waals surface area contributed by atoms with Gasteiger partial charge in [-0.05, 0) is 13.0 Å². The van der Waals surface area contributed by atoms with E-state index in [4.69, 9.17) is 9.47 Å². The van der Waals surface area contributed by atoms with Crippen molar-refractivity contribution in [3.63, 3.8) is 0 Å². The van der Waals surface area contributed by atoms with Gasteiger partial charge in [-0.3, -0.25) is 4.79 Å². The van der Waals surface area contributed by atoms with Crippen LogP contribution in [0.25, 0.3) is 0 Å². The minimum Gasteiger partial charge on any atom is -0.426 e. The van der Waals surface area contributed by atoms with Crippen LogP contribution >= 0.6 is 0 Å². The van der Waals surface area contributed by atoms with Gasteiger partial charge >= 0.3 is 5.97 Å². The van der Waals surface area contributed by atoms with Crippen molar-refractivity contribution in [2.75, 3.05) is 6.61 Å². The normalized spacial score (nSPS) is 18.8. The molecule has 0 saturated heterocycles. The maximum atomic E-state index is 11.4. The molecule has 0 spiro atoms. The molecule has 1 atom stereocenters. The standard InChI is InChI=1S/C13H14O3/c1-9(2)8-15-12-7-13(14)16-11-6-4-3-5-10(11)12/h3-6,12H,1,7-8H2,2H3. The summed E-state index contributed by atoms with van der Waals surface area (Å²) in [7, 11) is 0. The first-order chi connectivity index (χ1) is 7.66. The molecule has 0 amide bonds. The van der Waals surface area contributed by atoms with Crippen molar-refractivity contribution in [1.82, 2.24) is 0 Å². The third kappa shape index (κ3) is 2.31. The van der Waals surface area contributed by atoms with Crippen LogP contribution in [-0.2, 0) is 9.53 Å². The second kappa shape index (κ2) is 4.49. The average Bonchev–Trinajstić information content (AvgIpc) is 2.25. The summed E-state index contributed by atoms with van der Waals surface area (Å²) in [5.74, 6) is 0.357. The smallest absolute Gasteiger partial charge is 0.314 e. The van der Waals surface area contributed by atoms with Crippen molar-refractivity contribution < 1.29 is 14.3 Å². The Balaban J connectivity index is 2.20. The van der Waals surface area contributed by atoms with E-state index >= 15 is 0 Å². The van der Waals surface area contributed by atoms with Crippen molar-refractivity contribution in [3.8, 4) is 5.75 Å². The van der Waals surface area contributed by atoms with Gasteiger partial charge in [-0.15, -0.1) is 0 Å². The van der Waals surface area contributed by atoms with Crippen molar-refractivity contribution in [1.29, 1.82) is 0 Å². The molecule has 16 heavy (non-hydrogen) atoms. The molecule has 0 N–H and O–H groups in total. The van der Waals surface area contributed by atoms with Crippen LogP contribution < -0.4 is 4.74 Å². The van der Waals surface area contributed by atoms with Gasteiger partial charge in [-0.25, -0.2) is 0 Å². The average molecular weight is 218 g/mol. The quantitative estimate of drug-likeness (QED) is 0.444. The molecule has 0 aromatic heterocycles. The summed E-state index contributed by atoms with van der Waals surface area (Å²) in [4.78, 5) is 11.4. The molecule has 0 radical (unpaired) electrons. The van der Waals surface area contributed by atoms with Gasteiger partial charge in [0.2, 0.25) is 0 Å². The topological polar surface area (TPSA) is 35.5 Å². The summed E-state index contributed by atoms with van der Waals surface area (Å²) >= 11 is 0. The molecule has 2 rings (SSSR count). The molecule has 1 aromatic rings. The van der Waals surface area contributed by atoms with Crippen LogP contribution in [0, 0.1) is 0 Å². The Kier molecular flexibility index (Phi) is 3.06. The number of carbonyl (C=O) groups excluding carboxylic acids is 1. The molecule has 0 aliphatic carbocycles. The lowest BCUT2D eigenvalue weighted by Crippen LogP contribution is -2.22. The predicted octanol–water partition coefficient (Wildman–Crippen LogP) is 2.63. The number of carbonyl (C=O) groups is 1. The molecular formula is C13H14O3. The predicted molar refractivity (Wildman–Crippen MR) is 60.2 cm³/mol. The zero-order chi connectivity index (χ0) is 11.5. The number of hydrogen-bond acceptors (Lipinski definition) is 3. The summed E-state index contributed by atoms with van der Waals surface area (Å²) in [6.07, 6.45) is 0.0544. The molecule has 1 unspecified atom stereocenters. The Morgan fingerprint density at radius 1 is 1.56 bits per heavy atom. The number of hydrogen-bond donors (Lipinski definition) is 0. The highest BCUT2D eigenvalue weighted by Gasteiger charge is 2.27. The molecule has 1 aromatic carbocycles. The molecule has 3 heteroatoms. The molecule has 0 saturated carbocycles. The van der Waals surface area contributed by atoms with E-state index in [0.717, 1.165) is 11.1 Å². The van der Waals surface area contributed by atoms with Gasteiger partial charge in [-0.1, -0.05) is 30.4 Å². The van der Waals surface area contributed by atoms with E-state index in [1.54, 1.807) is 6.07 Å². The summed E-state index contributed by atoms with van der Waals surface area (Å²) < 4.78 is 10.8. The van der Waals surface area contributed by atoms with E-state index in [1.165, 1.54) is 0 Å². The Morgan fingerprint density at radius 2 is 2.31 bits per heavy atom. The Morgan fingerprint density at radius 3 is 3.06 bits per heavy atom. The molecule has 3 nitrogen and oxygen atoms in total. The van der Waals surface area contributed by atoms with Crippen LogP contribution in [0.1, 0.15) is 25.0 Å². The summed E-state index contributed by atoms with van der Waals surface area (Å²) in [6.45, 7) is 6.13. The number of ether oxygens (including phenoxy) is 2. The van der Waals surface area contributed by atoms with Crippen molar-refractivity contribution >= 4 is 5.97 Å². The third-order valence-corrected chi connectivity index (χ3v) is 2.37. The van der Waals surface area contributed by atoms with Crippen LogP contribution in [-0.4, -0.2) is 12.6 Å². The summed E-state index contributed by atoms with van der Waals surface area (Å²) in [5, 5.41) is 0. The van der Waals surface area contributed by atoms with Crippen molar-refractivity contribution in [3.05, 3.63) is 42.0 Å². The molecule has 1 aliphatic heterocycles. The largest absolute Gasteiger partial charge is 0.426 e. The minimum atomic E-state index is -0.245. The van der Waals surface area contributed by atoms with Gasteiger partial charge < -0.3 is 9.47 Å². The van der Waals surface area contributed by atoms with Gasteiger partial charge in [0.05, 0.1) is 19.1 Å². The molecule has 1 heterocycles. The molecular weight excluding hydrogens is 204 g/mol. The minimum absolute atomic E-state index is 0.214. The maximum Gasteiger partial charge on any atom is 0.314 e. The van der Waals surface area contributed by atoms with Crippen LogP contribution in [0.5, 0.6) is 5.75 Å². The number of fused-ring (bicyclic) bond motifs is 1. The number of benzene rings is 1. The zero-order valence-electron chi connectivity index (χ0n) is 9.23. The van der Waals surface area contributed by atoms with E-state index in [9.17, 15) is 4.79 Å². The molecule has 0 bridgehead atoms.